The summed E-state index contributed by atoms with van der Waals surface area (Å²) in [7, 11) is 0. The van der Waals surface area contributed by atoms with Gasteiger partial charge in [-0.15, -0.1) is 24.0 Å². The Morgan fingerprint density at radius 3 is 2.64 bits per heavy atom. The Morgan fingerprint density at radius 1 is 1.24 bits per heavy atom. The summed E-state index contributed by atoms with van der Waals surface area (Å²) in [6, 6.07) is 8.21. The summed E-state index contributed by atoms with van der Waals surface area (Å²) in [5.74, 6) is 0.902. The van der Waals surface area contributed by atoms with Gasteiger partial charge in [-0.2, -0.15) is 0 Å². The van der Waals surface area contributed by atoms with E-state index in [-0.39, 0.29) is 29.4 Å². The highest BCUT2D eigenvalue weighted by Gasteiger charge is 2.34. The van der Waals surface area contributed by atoms with E-state index in [4.69, 9.17) is 21.3 Å². The fraction of sp³-hybridized carbons (Fsp3) is 0.632. The zero-order valence-electron chi connectivity index (χ0n) is 15.3. The monoisotopic (exact) mass is 479 g/mol. The van der Waals surface area contributed by atoms with Crippen LogP contribution >= 0.6 is 35.6 Å². The second-order valence-electron chi connectivity index (χ2n) is 6.38. The van der Waals surface area contributed by atoms with E-state index in [1.165, 1.54) is 12.0 Å². The SMILES string of the molecule is CCCCNC(=NCC1(c2cccc(Cl)c2)CCOCC1)NCC.I. The van der Waals surface area contributed by atoms with E-state index in [1.54, 1.807) is 0 Å². The van der Waals surface area contributed by atoms with Gasteiger partial charge in [0.15, 0.2) is 5.96 Å². The molecule has 2 N–H and O–H groups in total. The highest BCUT2D eigenvalue weighted by molar-refractivity contribution is 14.0. The van der Waals surface area contributed by atoms with Crippen molar-refractivity contribution in [2.75, 3.05) is 32.8 Å². The lowest BCUT2D eigenvalue weighted by atomic mass is 9.74. The molecule has 0 aliphatic carbocycles. The summed E-state index contributed by atoms with van der Waals surface area (Å²) in [5.41, 5.74) is 1.28. The Labute approximate surface area is 174 Å². The molecule has 0 amide bonds. The lowest BCUT2D eigenvalue weighted by Crippen LogP contribution is -2.41. The van der Waals surface area contributed by atoms with Gasteiger partial charge in [-0.1, -0.05) is 37.1 Å². The van der Waals surface area contributed by atoms with Gasteiger partial charge in [0.1, 0.15) is 0 Å². The predicted octanol–water partition coefficient (Wildman–Crippen LogP) is 4.36. The largest absolute Gasteiger partial charge is 0.381 e. The van der Waals surface area contributed by atoms with E-state index >= 15 is 0 Å². The summed E-state index contributed by atoms with van der Waals surface area (Å²) in [6.45, 7) is 8.42. The maximum Gasteiger partial charge on any atom is 0.191 e. The summed E-state index contributed by atoms with van der Waals surface area (Å²) < 4.78 is 5.60. The molecule has 0 radical (unpaired) electrons. The van der Waals surface area contributed by atoms with E-state index in [0.29, 0.717) is 0 Å². The molecule has 2 rings (SSSR count). The summed E-state index contributed by atoms with van der Waals surface area (Å²) in [6.07, 6.45) is 4.28. The van der Waals surface area contributed by atoms with Crippen molar-refractivity contribution < 1.29 is 4.74 Å². The van der Waals surface area contributed by atoms with Crippen LogP contribution in [0.25, 0.3) is 0 Å². The third-order valence-electron chi connectivity index (χ3n) is 4.59. The number of rotatable bonds is 7. The van der Waals surface area contributed by atoms with Crippen molar-refractivity contribution in [3.8, 4) is 0 Å². The number of guanidine groups is 1. The highest BCUT2D eigenvalue weighted by Crippen LogP contribution is 2.36. The molecule has 0 unspecified atom stereocenters. The molecule has 6 heteroatoms. The average Bonchev–Trinajstić information content (AvgIpc) is 2.61. The van der Waals surface area contributed by atoms with E-state index in [2.05, 4.69) is 36.6 Å². The van der Waals surface area contributed by atoms with Gasteiger partial charge < -0.3 is 15.4 Å². The van der Waals surface area contributed by atoms with Gasteiger partial charge in [0.25, 0.3) is 0 Å². The van der Waals surface area contributed by atoms with E-state index in [0.717, 1.165) is 63.1 Å². The van der Waals surface area contributed by atoms with Crippen LogP contribution in [0.5, 0.6) is 0 Å². The molecule has 0 aromatic heterocycles. The number of aliphatic imine (C=N–C) groups is 1. The second-order valence-corrected chi connectivity index (χ2v) is 6.81. The minimum absolute atomic E-state index is 0. The zero-order valence-corrected chi connectivity index (χ0v) is 18.4. The van der Waals surface area contributed by atoms with Crippen LogP contribution in [0.2, 0.25) is 5.02 Å². The molecule has 1 saturated heterocycles. The molecule has 1 heterocycles. The minimum atomic E-state index is 0. The maximum atomic E-state index is 6.23. The third kappa shape index (κ3) is 6.94. The standard InChI is InChI=1S/C19H30ClN3O.HI/c1-3-5-11-22-18(21-4-2)23-15-19(9-12-24-13-10-19)16-7-6-8-17(20)14-16;/h6-8,14H,3-5,9-13,15H2,1-2H3,(H2,21,22,23);1H. The molecule has 25 heavy (non-hydrogen) atoms. The lowest BCUT2D eigenvalue weighted by Gasteiger charge is -2.36. The van der Waals surface area contributed by atoms with Crippen LogP contribution in [-0.4, -0.2) is 38.8 Å². The Hall–Kier alpha value is -0.530. The zero-order chi connectivity index (χ0) is 17.3. The van der Waals surface area contributed by atoms with Crippen molar-refractivity contribution in [2.45, 2.75) is 44.9 Å². The van der Waals surface area contributed by atoms with Crippen LogP contribution in [0.4, 0.5) is 0 Å². The normalized spacial score (nSPS) is 16.8. The first-order chi connectivity index (χ1) is 11.7. The van der Waals surface area contributed by atoms with E-state index in [1.807, 2.05) is 12.1 Å². The van der Waals surface area contributed by atoms with Crippen molar-refractivity contribution in [3.63, 3.8) is 0 Å². The van der Waals surface area contributed by atoms with Crippen LogP contribution in [0.1, 0.15) is 45.1 Å². The van der Waals surface area contributed by atoms with Crippen molar-refractivity contribution in [3.05, 3.63) is 34.9 Å². The van der Waals surface area contributed by atoms with Gasteiger partial charge in [0, 0.05) is 36.7 Å². The number of nitrogens with zero attached hydrogens (tertiary/aromatic N) is 1. The lowest BCUT2D eigenvalue weighted by molar-refractivity contribution is 0.0531. The predicted molar refractivity (Wildman–Crippen MR) is 117 cm³/mol. The van der Waals surface area contributed by atoms with Crippen LogP contribution < -0.4 is 10.6 Å². The molecule has 4 nitrogen and oxygen atoms in total. The van der Waals surface area contributed by atoms with E-state index < -0.39 is 0 Å². The van der Waals surface area contributed by atoms with Crippen molar-refractivity contribution in [1.82, 2.24) is 10.6 Å². The number of halogens is 2. The molecular weight excluding hydrogens is 449 g/mol. The highest BCUT2D eigenvalue weighted by atomic mass is 127. The van der Waals surface area contributed by atoms with Crippen LogP contribution in [0.3, 0.4) is 0 Å². The number of unbranched alkanes of at least 4 members (excludes halogenated alkanes) is 1. The Bertz CT molecular complexity index is 533. The molecule has 1 aliphatic heterocycles. The number of benzene rings is 1. The summed E-state index contributed by atoms with van der Waals surface area (Å²) >= 11 is 6.23. The third-order valence-corrected chi connectivity index (χ3v) is 4.83. The fourth-order valence-corrected chi connectivity index (χ4v) is 3.26. The molecule has 0 atom stereocenters. The summed E-state index contributed by atoms with van der Waals surface area (Å²) in [5, 5.41) is 7.55. The maximum absolute atomic E-state index is 6.23. The van der Waals surface area contributed by atoms with Crippen LogP contribution in [-0.2, 0) is 10.2 Å². The Balaban J connectivity index is 0.00000312. The number of nitrogens with one attached hydrogen (secondary N) is 2. The fourth-order valence-electron chi connectivity index (χ4n) is 3.07. The Kier molecular flexibility index (Phi) is 10.8. The van der Waals surface area contributed by atoms with Crippen LogP contribution in [0.15, 0.2) is 29.3 Å². The van der Waals surface area contributed by atoms with Crippen LogP contribution in [0, 0.1) is 0 Å². The first kappa shape index (κ1) is 22.5. The van der Waals surface area contributed by atoms with Gasteiger partial charge in [0.05, 0.1) is 6.54 Å². The van der Waals surface area contributed by atoms with Gasteiger partial charge >= 0.3 is 0 Å². The molecule has 0 spiro atoms. The first-order valence-electron chi connectivity index (χ1n) is 9.06. The van der Waals surface area contributed by atoms with Crippen molar-refractivity contribution in [2.24, 2.45) is 4.99 Å². The number of hydrogen-bond acceptors (Lipinski definition) is 2. The molecule has 1 fully saturated rings. The van der Waals surface area contributed by atoms with E-state index in [9.17, 15) is 0 Å². The number of hydrogen-bond donors (Lipinski definition) is 2. The first-order valence-corrected chi connectivity index (χ1v) is 9.44. The quantitative estimate of drug-likeness (QED) is 0.264. The second kappa shape index (κ2) is 12.0. The van der Waals surface area contributed by atoms with Gasteiger partial charge in [0.2, 0.25) is 0 Å². The topological polar surface area (TPSA) is 45.7 Å². The summed E-state index contributed by atoms with van der Waals surface area (Å²) in [4.78, 5) is 4.88. The van der Waals surface area contributed by atoms with Gasteiger partial charge in [-0.3, -0.25) is 4.99 Å². The number of ether oxygens (including phenoxy) is 1. The molecule has 1 aliphatic rings. The molecule has 142 valence electrons. The average molecular weight is 480 g/mol. The van der Waals surface area contributed by atoms with Crippen molar-refractivity contribution >= 4 is 41.5 Å². The molecule has 1 aromatic rings. The molecule has 0 bridgehead atoms. The van der Waals surface area contributed by atoms with Crippen molar-refractivity contribution in [1.29, 1.82) is 0 Å². The smallest absolute Gasteiger partial charge is 0.191 e. The van der Waals surface area contributed by atoms with Gasteiger partial charge in [-0.25, -0.2) is 0 Å². The van der Waals surface area contributed by atoms with Gasteiger partial charge in [-0.05, 0) is 43.9 Å². The molecular formula is C19H31ClIN3O. The minimum Gasteiger partial charge on any atom is -0.381 e. The Morgan fingerprint density at radius 2 is 2.00 bits per heavy atom. The molecule has 1 aromatic carbocycles. The molecule has 0 saturated carbocycles.